The minimum Gasteiger partial charge on any atom is -0.479 e. The largest absolute Gasteiger partial charge is 0.479 e. The lowest BCUT2D eigenvalue weighted by molar-refractivity contribution is -0.136. The van der Waals surface area contributed by atoms with Crippen LogP contribution in [0.1, 0.15) is 35.7 Å². The van der Waals surface area contributed by atoms with Crippen molar-refractivity contribution < 1.29 is 19.1 Å². The van der Waals surface area contributed by atoms with Gasteiger partial charge in [0, 0.05) is 13.0 Å². The molecule has 3 amide bonds. The zero-order valence-electron chi connectivity index (χ0n) is 13.0. The van der Waals surface area contributed by atoms with Crippen LogP contribution in [-0.2, 0) is 16.1 Å². The summed E-state index contributed by atoms with van der Waals surface area (Å²) in [5.41, 5.74) is 1.31. The number of amides is 3. The Morgan fingerprint density at radius 1 is 1.35 bits per heavy atom. The van der Waals surface area contributed by atoms with Crippen molar-refractivity contribution in [1.29, 1.82) is 0 Å². The summed E-state index contributed by atoms with van der Waals surface area (Å²) in [6, 6.07) is 4.90. The number of thioether (sulfide) groups is 1. The number of carbonyl (C=O) groups excluding carboxylic acids is 3. The number of rotatable bonds is 4. The molecule has 0 aromatic heterocycles. The maximum atomic E-state index is 12.8. The lowest BCUT2D eigenvalue weighted by Gasteiger charge is -2.29. The Labute approximate surface area is 138 Å². The monoisotopic (exact) mass is 334 g/mol. The zero-order chi connectivity index (χ0) is 16.6. The first kappa shape index (κ1) is 15.9. The molecule has 23 heavy (non-hydrogen) atoms. The van der Waals surface area contributed by atoms with Crippen LogP contribution in [0.3, 0.4) is 0 Å². The van der Waals surface area contributed by atoms with Crippen molar-refractivity contribution in [2.24, 2.45) is 0 Å². The second kappa shape index (κ2) is 6.23. The van der Waals surface area contributed by atoms with Crippen LogP contribution in [-0.4, -0.2) is 40.4 Å². The highest BCUT2D eigenvalue weighted by Crippen LogP contribution is 2.34. The number of hydrogen-bond donors (Lipinski definition) is 1. The first-order valence-corrected chi connectivity index (χ1v) is 8.76. The maximum Gasteiger partial charge on any atom is 0.258 e. The van der Waals surface area contributed by atoms with Crippen molar-refractivity contribution in [1.82, 2.24) is 10.2 Å². The summed E-state index contributed by atoms with van der Waals surface area (Å²) in [6.07, 6.45) is 2.55. The number of hydrogen-bond acceptors (Lipinski definition) is 5. The molecule has 0 radical (unpaired) electrons. The molecule has 7 heteroatoms. The summed E-state index contributed by atoms with van der Waals surface area (Å²) >= 11 is 1.55. The van der Waals surface area contributed by atoms with E-state index in [1.807, 2.05) is 25.3 Å². The Morgan fingerprint density at radius 2 is 2.13 bits per heavy atom. The number of ether oxygens (including phenoxy) is 1. The van der Waals surface area contributed by atoms with Crippen LogP contribution < -0.4 is 10.1 Å². The van der Waals surface area contributed by atoms with Crippen LogP contribution in [0.25, 0.3) is 0 Å². The van der Waals surface area contributed by atoms with E-state index in [0.717, 1.165) is 5.56 Å². The molecule has 0 aliphatic carbocycles. The number of nitrogens with zero attached hydrogens (tertiary/aromatic N) is 1. The van der Waals surface area contributed by atoms with E-state index in [1.165, 1.54) is 4.90 Å². The molecule has 3 rings (SSSR count). The predicted molar refractivity (Wildman–Crippen MR) is 86.1 cm³/mol. The summed E-state index contributed by atoms with van der Waals surface area (Å²) in [6.45, 7) is 2.28. The van der Waals surface area contributed by atoms with Crippen LogP contribution in [0.2, 0.25) is 0 Å². The molecule has 0 saturated carbocycles. The van der Waals surface area contributed by atoms with Gasteiger partial charge in [-0.05, 0) is 31.2 Å². The quantitative estimate of drug-likeness (QED) is 0.668. The first-order chi connectivity index (χ1) is 11.0. The molecule has 2 aliphatic rings. The molecule has 2 aliphatic heterocycles. The van der Waals surface area contributed by atoms with E-state index >= 15 is 0 Å². The fraction of sp³-hybridized carbons (Fsp3) is 0.438. The van der Waals surface area contributed by atoms with Crippen molar-refractivity contribution in [3.63, 3.8) is 0 Å². The van der Waals surface area contributed by atoms with E-state index in [9.17, 15) is 14.4 Å². The molecule has 1 aromatic rings. The van der Waals surface area contributed by atoms with Gasteiger partial charge in [0.2, 0.25) is 11.8 Å². The van der Waals surface area contributed by atoms with E-state index in [2.05, 4.69) is 5.32 Å². The number of nitrogens with one attached hydrogen (secondary N) is 1. The van der Waals surface area contributed by atoms with Gasteiger partial charge in [0.15, 0.2) is 0 Å². The molecule has 1 fully saturated rings. The Hall–Kier alpha value is -2.02. The van der Waals surface area contributed by atoms with Gasteiger partial charge in [0.05, 0.1) is 5.56 Å². The molecule has 6 nitrogen and oxygen atoms in total. The van der Waals surface area contributed by atoms with Gasteiger partial charge in [-0.15, -0.1) is 11.8 Å². The summed E-state index contributed by atoms with van der Waals surface area (Å²) in [7, 11) is 0. The average molecular weight is 334 g/mol. The molecule has 2 atom stereocenters. The predicted octanol–water partition coefficient (Wildman–Crippen LogP) is 1.54. The summed E-state index contributed by atoms with van der Waals surface area (Å²) in [5, 5.41) is 2.30. The molecule has 2 heterocycles. The van der Waals surface area contributed by atoms with E-state index in [0.29, 0.717) is 24.3 Å². The highest BCUT2D eigenvalue weighted by Gasteiger charge is 2.40. The third kappa shape index (κ3) is 2.93. The molecular formula is C16H18N2O4S. The summed E-state index contributed by atoms with van der Waals surface area (Å²) in [4.78, 5) is 37.6. The second-order valence-electron chi connectivity index (χ2n) is 5.61. The van der Waals surface area contributed by atoms with E-state index in [4.69, 9.17) is 4.74 Å². The molecule has 2 unspecified atom stereocenters. The maximum absolute atomic E-state index is 12.8. The van der Waals surface area contributed by atoms with Crippen LogP contribution in [0.5, 0.6) is 5.75 Å². The summed E-state index contributed by atoms with van der Waals surface area (Å²) in [5.74, 6) is -0.349. The topological polar surface area (TPSA) is 75.7 Å². The SMILES string of the molecule is CSC(C)Oc1cccc2c1C(=O)N(C1CCC(=O)NC1=O)C2. The van der Waals surface area contributed by atoms with Gasteiger partial charge in [-0.25, -0.2) is 0 Å². The normalized spacial score (nSPS) is 21.9. The van der Waals surface area contributed by atoms with Gasteiger partial charge in [0.25, 0.3) is 5.91 Å². The van der Waals surface area contributed by atoms with Gasteiger partial charge in [-0.3, -0.25) is 19.7 Å². The minimum atomic E-state index is -0.599. The lowest BCUT2D eigenvalue weighted by atomic mass is 10.0. The van der Waals surface area contributed by atoms with Gasteiger partial charge in [-0.1, -0.05) is 12.1 Å². The van der Waals surface area contributed by atoms with Crippen LogP contribution in [0.15, 0.2) is 18.2 Å². The van der Waals surface area contributed by atoms with Crippen molar-refractivity contribution in [2.75, 3.05) is 6.26 Å². The Balaban J connectivity index is 1.86. The van der Waals surface area contributed by atoms with E-state index in [-0.39, 0.29) is 23.7 Å². The second-order valence-corrected chi connectivity index (χ2v) is 6.75. The fourth-order valence-corrected chi connectivity index (χ4v) is 3.11. The number of fused-ring (bicyclic) bond motifs is 1. The molecule has 1 N–H and O–H groups in total. The fourth-order valence-electron chi connectivity index (χ4n) is 2.91. The van der Waals surface area contributed by atoms with Gasteiger partial charge in [-0.2, -0.15) is 0 Å². The third-order valence-corrected chi connectivity index (χ3v) is 4.90. The molecule has 0 bridgehead atoms. The summed E-state index contributed by atoms with van der Waals surface area (Å²) < 4.78 is 5.82. The minimum absolute atomic E-state index is 0.0704. The van der Waals surface area contributed by atoms with Gasteiger partial charge >= 0.3 is 0 Å². The van der Waals surface area contributed by atoms with E-state index < -0.39 is 11.9 Å². The van der Waals surface area contributed by atoms with Crippen molar-refractivity contribution in [3.05, 3.63) is 29.3 Å². The number of imide groups is 1. The molecule has 122 valence electrons. The molecule has 0 spiro atoms. The Kier molecular flexibility index (Phi) is 4.30. The van der Waals surface area contributed by atoms with Gasteiger partial charge < -0.3 is 9.64 Å². The van der Waals surface area contributed by atoms with Crippen molar-refractivity contribution in [3.8, 4) is 5.75 Å². The standard InChI is InChI=1S/C16H18N2O4S/c1-9(23-2)22-12-5-3-4-10-8-18(16(21)14(10)12)11-6-7-13(19)17-15(11)20/h3-5,9,11H,6-8H2,1-2H3,(H,17,19,20). The number of piperidine rings is 1. The van der Waals surface area contributed by atoms with Crippen molar-refractivity contribution in [2.45, 2.75) is 37.8 Å². The van der Waals surface area contributed by atoms with Crippen LogP contribution in [0.4, 0.5) is 0 Å². The molecule has 1 saturated heterocycles. The molecule has 1 aromatic carbocycles. The average Bonchev–Trinajstić information content (AvgIpc) is 2.85. The third-order valence-electron chi connectivity index (χ3n) is 4.14. The van der Waals surface area contributed by atoms with Crippen molar-refractivity contribution >= 4 is 29.5 Å². The smallest absolute Gasteiger partial charge is 0.258 e. The van der Waals surface area contributed by atoms with E-state index in [1.54, 1.807) is 17.8 Å². The molecular weight excluding hydrogens is 316 g/mol. The zero-order valence-corrected chi connectivity index (χ0v) is 13.8. The Bertz CT molecular complexity index is 676. The Morgan fingerprint density at radius 3 is 2.83 bits per heavy atom. The van der Waals surface area contributed by atoms with Crippen LogP contribution >= 0.6 is 11.8 Å². The van der Waals surface area contributed by atoms with Crippen LogP contribution in [0, 0.1) is 0 Å². The lowest BCUT2D eigenvalue weighted by Crippen LogP contribution is -2.52. The number of benzene rings is 1. The van der Waals surface area contributed by atoms with Gasteiger partial charge in [0.1, 0.15) is 17.2 Å². The number of carbonyl (C=O) groups is 3. The first-order valence-electron chi connectivity index (χ1n) is 7.47. The highest BCUT2D eigenvalue weighted by molar-refractivity contribution is 7.99. The highest BCUT2D eigenvalue weighted by atomic mass is 32.2.